The number of allylic oxidation sites excluding steroid dienone is 1. The lowest BCUT2D eigenvalue weighted by Gasteiger charge is -2.32. The van der Waals surface area contributed by atoms with Crippen LogP contribution in [0.4, 0.5) is 0 Å². The van der Waals surface area contributed by atoms with E-state index in [0.717, 1.165) is 29.1 Å². The molecule has 11 nitrogen and oxygen atoms in total. The summed E-state index contributed by atoms with van der Waals surface area (Å²) < 4.78 is 49.3. The lowest BCUT2D eigenvalue weighted by Crippen LogP contribution is -2.42. The zero-order chi connectivity index (χ0) is 29.4. The Morgan fingerprint density at radius 1 is 1.05 bits per heavy atom. The summed E-state index contributed by atoms with van der Waals surface area (Å²) in [7, 11) is -1.10. The second-order valence-corrected chi connectivity index (χ2v) is 11.7. The van der Waals surface area contributed by atoms with Crippen molar-refractivity contribution in [3.05, 3.63) is 71.5 Å². The van der Waals surface area contributed by atoms with E-state index >= 15 is 0 Å². The zero-order valence-electron chi connectivity index (χ0n) is 23.2. The first-order chi connectivity index (χ1) is 19.7. The van der Waals surface area contributed by atoms with Gasteiger partial charge in [0.1, 0.15) is 5.75 Å². The van der Waals surface area contributed by atoms with Gasteiger partial charge in [0.05, 0.1) is 37.9 Å². The summed E-state index contributed by atoms with van der Waals surface area (Å²) in [6.07, 6.45) is 4.18. The third-order valence-corrected chi connectivity index (χ3v) is 9.09. The van der Waals surface area contributed by atoms with Gasteiger partial charge in [0.25, 0.3) is 5.91 Å². The van der Waals surface area contributed by atoms with Crippen molar-refractivity contribution in [3.63, 3.8) is 0 Å². The maximum atomic E-state index is 13.2. The van der Waals surface area contributed by atoms with E-state index in [1.807, 2.05) is 0 Å². The molecule has 0 saturated heterocycles. The van der Waals surface area contributed by atoms with Crippen LogP contribution < -0.4 is 10.1 Å². The maximum Gasteiger partial charge on any atom is 0.337 e. The van der Waals surface area contributed by atoms with Gasteiger partial charge in [-0.15, -0.1) is 0 Å². The highest BCUT2D eigenvalue weighted by Crippen LogP contribution is 2.32. The smallest absolute Gasteiger partial charge is 0.337 e. The average molecular weight is 589 g/mol. The topological polar surface area (TPSA) is 141 Å². The van der Waals surface area contributed by atoms with Gasteiger partial charge >= 0.3 is 5.97 Å². The van der Waals surface area contributed by atoms with Crippen LogP contribution in [0.5, 0.6) is 5.75 Å². The predicted octanol–water partition coefficient (Wildman–Crippen LogP) is 2.56. The fraction of sp³-hybridized carbons (Fsp3) is 0.448. The Morgan fingerprint density at radius 2 is 1.76 bits per heavy atom. The van der Waals surface area contributed by atoms with Crippen molar-refractivity contribution in [2.24, 2.45) is 0 Å². The highest BCUT2D eigenvalue weighted by atomic mass is 32.2. The lowest BCUT2D eigenvalue weighted by atomic mass is 9.91. The highest BCUT2D eigenvalue weighted by Gasteiger charge is 2.31. The van der Waals surface area contributed by atoms with Gasteiger partial charge in [0.15, 0.2) is 5.76 Å². The Bertz CT molecular complexity index is 1320. The van der Waals surface area contributed by atoms with Crippen molar-refractivity contribution >= 4 is 21.9 Å². The Kier molecular flexibility index (Phi) is 10.4. The van der Waals surface area contributed by atoms with Crippen LogP contribution in [-0.2, 0) is 29.0 Å². The molecule has 0 unspecified atom stereocenters. The third-order valence-electron chi connectivity index (χ3n) is 7.17. The number of ether oxygens (including phenoxy) is 4. The van der Waals surface area contributed by atoms with Crippen LogP contribution in [0, 0.1) is 0 Å². The van der Waals surface area contributed by atoms with Crippen LogP contribution in [0.1, 0.15) is 47.5 Å². The summed E-state index contributed by atoms with van der Waals surface area (Å²) in [5.74, 6) is -0.372. The summed E-state index contributed by atoms with van der Waals surface area (Å²) >= 11 is 0. The molecule has 0 aromatic heterocycles. The molecule has 2 aromatic carbocycles. The van der Waals surface area contributed by atoms with Gasteiger partial charge in [-0.2, -0.15) is 4.31 Å². The number of nitrogens with zero attached hydrogens (tertiary/aromatic N) is 1. The number of esters is 1. The van der Waals surface area contributed by atoms with Crippen molar-refractivity contribution in [3.8, 4) is 5.75 Å². The molecule has 1 heterocycles. The first-order valence-electron chi connectivity index (χ1n) is 13.5. The monoisotopic (exact) mass is 588 g/mol. The number of carbonyl (C=O) groups is 2. The van der Waals surface area contributed by atoms with E-state index in [-0.39, 0.29) is 54.8 Å². The normalized spacial score (nSPS) is 19.1. The fourth-order valence-corrected chi connectivity index (χ4v) is 6.01. The van der Waals surface area contributed by atoms with Gasteiger partial charge in [-0.1, -0.05) is 12.1 Å². The Balaban J connectivity index is 1.46. The van der Waals surface area contributed by atoms with Gasteiger partial charge in [-0.25, -0.2) is 13.2 Å². The van der Waals surface area contributed by atoms with E-state index in [9.17, 15) is 23.1 Å². The largest absolute Gasteiger partial charge is 0.497 e. The van der Waals surface area contributed by atoms with Crippen molar-refractivity contribution < 1.29 is 42.1 Å². The highest BCUT2D eigenvalue weighted by molar-refractivity contribution is 7.89. The first kappa shape index (κ1) is 30.5. The summed E-state index contributed by atoms with van der Waals surface area (Å²) in [6, 6.07) is 13.0. The van der Waals surface area contributed by atoms with Crippen LogP contribution in [0.3, 0.4) is 0 Å². The molecular formula is C29H36N2O9S. The molecule has 1 fully saturated rings. The standard InChI is InChI=1S/C29H36N2O9S/c1-37-24-10-12-25(13-11-24)41(35,36)31(14-16-32)15-17-39-27-19-22(20-6-8-21(9-7-20)29(34)38-2)18-26(40-27)28(33)30-23-4-3-5-23/h6-13,18,22-23,27,32H,3-5,14-17,19H2,1-2H3,(H,30,33)/t22-,27+/m0/s1. The number of amides is 1. The SMILES string of the molecule is COC(=O)c1ccc([C@H]2C=C(C(=O)NC3CCC3)O[C@@H](OCCN(CCO)S(=O)(=O)c3ccc(OC)cc3)C2)cc1. The van der Waals surface area contributed by atoms with Crippen molar-refractivity contribution in [2.75, 3.05) is 40.5 Å². The maximum absolute atomic E-state index is 13.2. The van der Waals surface area contributed by atoms with Crippen LogP contribution in [0.2, 0.25) is 0 Å². The Labute approximate surface area is 240 Å². The van der Waals surface area contributed by atoms with E-state index in [0.29, 0.717) is 17.7 Å². The van der Waals surface area contributed by atoms with Crippen molar-refractivity contribution in [1.82, 2.24) is 9.62 Å². The predicted molar refractivity (Wildman–Crippen MR) is 149 cm³/mol. The van der Waals surface area contributed by atoms with E-state index in [2.05, 4.69) is 5.32 Å². The minimum absolute atomic E-state index is 0.0361. The second kappa shape index (κ2) is 13.9. The average Bonchev–Trinajstić information content (AvgIpc) is 2.98. The molecule has 41 heavy (non-hydrogen) atoms. The molecule has 1 aliphatic heterocycles. The molecule has 2 aromatic rings. The number of carbonyl (C=O) groups excluding carboxylic acids is 2. The van der Waals surface area contributed by atoms with Crippen LogP contribution in [-0.4, -0.2) is 82.6 Å². The third kappa shape index (κ3) is 7.64. The van der Waals surface area contributed by atoms with E-state index in [1.165, 1.54) is 26.4 Å². The molecule has 12 heteroatoms. The van der Waals surface area contributed by atoms with Gasteiger partial charge in [-0.05, 0) is 67.3 Å². The molecule has 4 rings (SSSR count). The molecule has 1 saturated carbocycles. The summed E-state index contributed by atoms with van der Waals surface area (Å²) in [6.45, 7) is -0.563. The first-order valence-corrected chi connectivity index (χ1v) is 14.9. The molecule has 222 valence electrons. The van der Waals surface area contributed by atoms with Gasteiger partial charge in [0.2, 0.25) is 16.3 Å². The minimum atomic E-state index is -3.91. The summed E-state index contributed by atoms with van der Waals surface area (Å²) in [4.78, 5) is 24.9. The number of methoxy groups -OCH3 is 2. The molecular weight excluding hydrogens is 552 g/mol. The lowest BCUT2D eigenvalue weighted by molar-refractivity contribution is -0.147. The number of hydrogen-bond donors (Lipinski definition) is 2. The van der Waals surface area contributed by atoms with Crippen molar-refractivity contribution in [1.29, 1.82) is 0 Å². The number of rotatable bonds is 13. The molecule has 0 bridgehead atoms. The molecule has 2 aliphatic rings. The number of aliphatic hydroxyl groups is 1. The zero-order valence-corrected chi connectivity index (χ0v) is 24.0. The van der Waals surface area contributed by atoms with Gasteiger partial charge in [0, 0.05) is 31.5 Å². The molecule has 0 spiro atoms. The van der Waals surface area contributed by atoms with E-state index < -0.39 is 22.3 Å². The minimum Gasteiger partial charge on any atom is -0.497 e. The summed E-state index contributed by atoms with van der Waals surface area (Å²) in [5, 5.41) is 12.5. The number of nitrogens with one attached hydrogen (secondary N) is 1. The Hall–Kier alpha value is -3.45. The number of benzene rings is 2. The fourth-order valence-electron chi connectivity index (χ4n) is 4.59. The quantitative estimate of drug-likeness (QED) is 0.338. The van der Waals surface area contributed by atoms with Crippen molar-refractivity contribution in [2.45, 2.75) is 48.8 Å². The van der Waals surface area contributed by atoms with Crippen LogP contribution >= 0.6 is 0 Å². The second-order valence-electron chi connectivity index (χ2n) is 9.81. The number of hydrogen-bond acceptors (Lipinski definition) is 9. The molecule has 2 atom stereocenters. The molecule has 1 aliphatic carbocycles. The van der Waals surface area contributed by atoms with Crippen LogP contribution in [0.25, 0.3) is 0 Å². The van der Waals surface area contributed by atoms with Crippen LogP contribution in [0.15, 0.2) is 65.3 Å². The van der Waals surface area contributed by atoms with Gasteiger partial charge < -0.3 is 29.4 Å². The molecule has 0 radical (unpaired) electrons. The van der Waals surface area contributed by atoms with Gasteiger partial charge in [-0.3, -0.25) is 4.79 Å². The Morgan fingerprint density at radius 3 is 2.34 bits per heavy atom. The summed E-state index contributed by atoms with van der Waals surface area (Å²) in [5.41, 5.74) is 1.26. The molecule has 2 N–H and O–H groups in total. The number of sulfonamides is 1. The number of aliphatic hydroxyl groups excluding tert-OH is 1. The van der Waals surface area contributed by atoms with E-state index in [4.69, 9.17) is 18.9 Å². The van der Waals surface area contributed by atoms with E-state index in [1.54, 1.807) is 42.5 Å². The molecule has 1 amide bonds.